The standard InChI is InChI=1S/C10H14O3/c1-2-5-12-10(11)7-3-4-8-9(6-7)13-8/h2,7-9H,1,3-6H2/t7-,8+,9-/m0/s1. The zero-order chi connectivity index (χ0) is 9.26. The summed E-state index contributed by atoms with van der Waals surface area (Å²) in [5, 5.41) is 0. The highest BCUT2D eigenvalue weighted by Gasteiger charge is 2.46. The van der Waals surface area contributed by atoms with Gasteiger partial charge in [-0.1, -0.05) is 12.7 Å². The third-order valence-corrected chi connectivity index (χ3v) is 2.68. The Bertz CT molecular complexity index is 224. The third-order valence-electron chi connectivity index (χ3n) is 2.68. The van der Waals surface area contributed by atoms with Gasteiger partial charge in [-0.15, -0.1) is 0 Å². The van der Waals surface area contributed by atoms with Gasteiger partial charge in [-0.05, 0) is 19.3 Å². The number of carbonyl (C=O) groups is 1. The van der Waals surface area contributed by atoms with Crippen molar-refractivity contribution in [2.75, 3.05) is 6.61 Å². The van der Waals surface area contributed by atoms with Crippen molar-refractivity contribution >= 4 is 5.97 Å². The summed E-state index contributed by atoms with van der Waals surface area (Å²) in [5.74, 6) is -0.0300. The Morgan fingerprint density at radius 1 is 1.54 bits per heavy atom. The van der Waals surface area contributed by atoms with Gasteiger partial charge in [0.05, 0.1) is 18.1 Å². The number of epoxide rings is 1. The molecule has 1 saturated heterocycles. The maximum absolute atomic E-state index is 11.4. The molecule has 1 heterocycles. The van der Waals surface area contributed by atoms with Gasteiger partial charge in [0.1, 0.15) is 6.61 Å². The van der Waals surface area contributed by atoms with E-state index < -0.39 is 0 Å². The van der Waals surface area contributed by atoms with Crippen LogP contribution in [0.4, 0.5) is 0 Å². The molecule has 0 N–H and O–H groups in total. The van der Waals surface area contributed by atoms with Gasteiger partial charge in [0.25, 0.3) is 0 Å². The van der Waals surface area contributed by atoms with Gasteiger partial charge in [0, 0.05) is 0 Å². The molecule has 0 radical (unpaired) electrons. The minimum absolute atomic E-state index is 0.0590. The molecule has 72 valence electrons. The Morgan fingerprint density at radius 2 is 2.38 bits per heavy atom. The van der Waals surface area contributed by atoms with E-state index in [1.807, 2.05) is 0 Å². The van der Waals surface area contributed by atoms with Crippen LogP contribution in [-0.2, 0) is 14.3 Å². The Labute approximate surface area is 77.7 Å². The molecule has 0 spiro atoms. The second-order valence-electron chi connectivity index (χ2n) is 3.64. The lowest BCUT2D eigenvalue weighted by molar-refractivity contribution is -0.148. The molecule has 3 nitrogen and oxygen atoms in total. The smallest absolute Gasteiger partial charge is 0.309 e. The molecule has 0 aromatic carbocycles. The van der Waals surface area contributed by atoms with Crippen molar-refractivity contribution in [2.45, 2.75) is 31.5 Å². The zero-order valence-electron chi connectivity index (χ0n) is 7.57. The topological polar surface area (TPSA) is 38.8 Å². The minimum atomic E-state index is -0.0890. The van der Waals surface area contributed by atoms with Crippen molar-refractivity contribution in [2.24, 2.45) is 5.92 Å². The maximum Gasteiger partial charge on any atom is 0.309 e. The Kier molecular flexibility index (Phi) is 2.36. The highest BCUT2D eigenvalue weighted by molar-refractivity contribution is 5.72. The summed E-state index contributed by atoms with van der Waals surface area (Å²) < 4.78 is 10.3. The van der Waals surface area contributed by atoms with Gasteiger partial charge < -0.3 is 9.47 Å². The van der Waals surface area contributed by atoms with Crippen LogP contribution in [0.5, 0.6) is 0 Å². The number of fused-ring (bicyclic) bond motifs is 1. The van der Waals surface area contributed by atoms with Crippen LogP contribution >= 0.6 is 0 Å². The normalized spacial score (nSPS) is 36.2. The molecule has 2 aliphatic rings. The van der Waals surface area contributed by atoms with E-state index in [0.29, 0.717) is 18.8 Å². The molecular formula is C10H14O3. The summed E-state index contributed by atoms with van der Waals surface area (Å²) in [6, 6.07) is 0. The third kappa shape index (κ3) is 1.91. The van der Waals surface area contributed by atoms with Gasteiger partial charge in [0.15, 0.2) is 0 Å². The molecule has 0 amide bonds. The first kappa shape index (κ1) is 8.75. The number of rotatable bonds is 3. The summed E-state index contributed by atoms with van der Waals surface area (Å²) in [5.41, 5.74) is 0. The molecule has 2 fully saturated rings. The van der Waals surface area contributed by atoms with E-state index in [0.717, 1.165) is 19.3 Å². The van der Waals surface area contributed by atoms with Crippen LogP contribution in [0.1, 0.15) is 19.3 Å². The molecule has 1 saturated carbocycles. The second kappa shape index (κ2) is 3.50. The van der Waals surface area contributed by atoms with E-state index in [1.54, 1.807) is 6.08 Å². The number of esters is 1. The first-order valence-electron chi connectivity index (χ1n) is 4.74. The van der Waals surface area contributed by atoms with Gasteiger partial charge in [0.2, 0.25) is 0 Å². The van der Waals surface area contributed by atoms with Crippen LogP contribution in [0.3, 0.4) is 0 Å². The van der Waals surface area contributed by atoms with Crippen molar-refractivity contribution < 1.29 is 14.3 Å². The fraction of sp³-hybridized carbons (Fsp3) is 0.700. The molecule has 13 heavy (non-hydrogen) atoms. The molecule has 1 aliphatic carbocycles. The molecule has 0 unspecified atom stereocenters. The first-order valence-corrected chi connectivity index (χ1v) is 4.74. The predicted octanol–water partition coefficient (Wildman–Crippen LogP) is 1.28. The van der Waals surface area contributed by atoms with Gasteiger partial charge in [-0.25, -0.2) is 0 Å². The van der Waals surface area contributed by atoms with Crippen molar-refractivity contribution in [3.63, 3.8) is 0 Å². The van der Waals surface area contributed by atoms with Crippen molar-refractivity contribution in [1.82, 2.24) is 0 Å². The molecule has 2 rings (SSSR count). The largest absolute Gasteiger partial charge is 0.461 e. The van der Waals surface area contributed by atoms with Gasteiger partial charge >= 0.3 is 5.97 Å². The number of carbonyl (C=O) groups excluding carboxylic acids is 1. The van der Waals surface area contributed by atoms with E-state index in [9.17, 15) is 4.79 Å². The molecule has 3 atom stereocenters. The van der Waals surface area contributed by atoms with Gasteiger partial charge in [-0.2, -0.15) is 0 Å². The number of hydrogen-bond donors (Lipinski definition) is 0. The Morgan fingerprint density at radius 3 is 3.08 bits per heavy atom. The van der Waals surface area contributed by atoms with E-state index in [4.69, 9.17) is 9.47 Å². The number of ether oxygens (including phenoxy) is 2. The van der Waals surface area contributed by atoms with Crippen LogP contribution < -0.4 is 0 Å². The van der Waals surface area contributed by atoms with Crippen LogP contribution in [-0.4, -0.2) is 24.8 Å². The SMILES string of the molecule is C=CCOC(=O)[C@H]1CC[C@H]2O[C@H]2C1. The minimum Gasteiger partial charge on any atom is -0.461 e. The van der Waals surface area contributed by atoms with Crippen molar-refractivity contribution in [3.05, 3.63) is 12.7 Å². The summed E-state index contributed by atoms with van der Waals surface area (Å²) in [4.78, 5) is 11.4. The summed E-state index contributed by atoms with van der Waals surface area (Å²) in [6.45, 7) is 3.82. The summed E-state index contributed by atoms with van der Waals surface area (Å²) in [6.07, 6.45) is 5.16. The first-order chi connectivity index (χ1) is 6.31. The molecule has 0 aromatic rings. The lowest BCUT2D eigenvalue weighted by Gasteiger charge is -2.16. The molecule has 3 heteroatoms. The highest BCUT2D eigenvalue weighted by atomic mass is 16.6. The van der Waals surface area contributed by atoms with E-state index in [1.165, 1.54) is 0 Å². The fourth-order valence-corrected chi connectivity index (χ4v) is 1.88. The Hall–Kier alpha value is -0.830. The molecule has 0 aromatic heterocycles. The van der Waals surface area contributed by atoms with Crippen LogP contribution in [0.2, 0.25) is 0 Å². The second-order valence-corrected chi connectivity index (χ2v) is 3.64. The van der Waals surface area contributed by atoms with Crippen molar-refractivity contribution in [1.29, 1.82) is 0 Å². The number of hydrogen-bond acceptors (Lipinski definition) is 3. The average Bonchev–Trinajstić information content (AvgIpc) is 2.91. The van der Waals surface area contributed by atoms with Crippen molar-refractivity contribution in [3.8, 4) is 0 Å². The fourth-order valence-electron chi connectivity index (χ4n) is 1.88. The molecular weight excluding hydrogens is 168 g/mol. The predicted molar refractivity (Wildman–Crippen MR) is 47.2 cm³/mol. The average molecular weight is 182 g/mol. The summed E-state index contributed by atoms with van der Waals surface area (Å²) in [7, 11) is 0. The molecule has 1 aliphatic heterocycles. The monoisotopic (exact) mass is 182 g/mol. The lowest BCUT2D eigenvalue weighted by Crippen LogP contribution is -2.23. The maximum atomic E-state index is 11.4. The Balaban J connectivity index is 1.78. The zero-order valence-corrected chi connectivity index (χ0v) is 7.57. The van der Waals surface area contributed by atoms with Gasteiger partial charge in [-0.3, -0.25) is 4.79 Å². The van der Waals surface area contributed by atoms with Crippen LogP contribution in [0, 0.1) is 5.92 Å². The van der Waals surface area contributed by atoms with E-state index in [-0.39, 0.29) is 11.9 Å². The lowest BCUT2D eigenvalue weighted by atomic mass is 9.89. The van der Waals surface area contributed by atoms with Crippen LogP contribution in [0.15, 0.2) is 12.7 Å². The highest BCUT2D eigenvalue weighted by Crippen LogP contribution is 2.39. The summed E-state index contributed by atoms with van der Waals surface area (Å²) >= 11 is 0. The van der Waals surface area contributed by atoms with Crippen LogP contribution in [0.25, 0.3) is 0 Å². The quantitative estimate of drug-likeness (QED) is 0.375. The molecule has 0 bridgehead atoms. The van der Waals surface area contributed by atoms with E-state index >= 15 is 0 Å². The van der Waals surface area contributed by atoms with E-state index in [2.05, 4.69) is 6.58 Å².